The van der Waals surface area contributed by atoms with Crippen molar-refractivity contribution < 1.29 is 4.39 Å². The fourth-order valence-electron chi connectivity index (χ4n) is 1.48. The second kappa shape index (κ2) is 5.21. The summed E-state index contributed by atoms with van der Waals surface area (Å²) in [6.07, 6.45) is 3.96. The number of nitrogens with zero attached hydrogens (tertiary/aromatic N) is 2. The van der Waals surface area contributed by atoms with Crippen LogP contribution in [0.5, 0.6) is 0 Å². The van der Waals surface area contributed by atoms with E-state index in [9.17, 15) is 4.39 Å². The van der Waals surface area contributed by atoms with E-state index >= 15 is 0 Å². The highest BCUT2D eigenvalue weighted by atomic mass is 35.5. The Balaban J connectivity index is 2.33. The Kier molecular flexibility index (Phi) is 3.66. The van der Waals surface area contributed by atoms with Crippen LogP contribution in [0.15, 0.2) is 30.6 Å². The first kappa shape index (κ1) is 12.0. The summed E-state index contributed by atoms with van der Waals surface area (Å²) in [5, 5.41) is 0.347. The minimum Gasteiger partial charge on any atom is -0.330 e. The molecule has 0 bridgehead atoms. The molecule has 0 aliphatic rings. The highest BCUT2D eigenvalue weighted by molar-refractivity contribution is 6.33. The maximum absolute atomic E-state index is 12.9. The van der Waals surface area contributed by atoms with Crippen molar-refractivity contribution in [2.75, 3.05) is 6.54 Å². The van der Waals surface area contributed by atoms with Gasteiger partial charge < -0.3 is 5.73 Å². The van der Waals surface area contributed by atoms with Gasteiger partial charge in [0.1, 0.15) is 11.6 Å². The molecule has 0 unspecified atom stereocenters. The molecular formula is C12H11ClFN3. The molecule has 0 atom stereocenters. The summed E-state index contributed by atoms with van der Waals surface area (Å²) < 4.78 is 12.9. The van der Waals surface area contributed by atoms with E-state index in [2.05, 4.69) is 9.97 Å². The molecule has 1 aromatic carbocycles. The van der Waals surface area contributed by atoms with Crippen molar-refractivity contribution in [1.82, 2.24) is 9.97 Å². The monoisotopic (exact) mass is 251 g/mol. The Morgan fingerprint density at radius 3 is 2.53 bits per heavy atom. The zero-order chi connectivity index (χ0) is 12.3. The van der Waals surface area contributed by atoms with Crippen molar-refractivity contribution in [1.29, 1.82) is 0 Å². The molecule has 0 aliphatic carbocycles. The Labute approximate surface area is 103 Å². The van der Waals surface area contributed by atoms with E-state index in [1.165, 1.54) is 12.1 Å². The van der Waals surface area contributed by atoms with E-state index < -0.39 is 0 Å². The molecular weight excluding hydrogens is 241 g/mol. The van der Waals surface area contributed by atoms with Crippen LogP contribution in [0.25, 0.3) is 11.1 Å². The van der Waals surface area contributed by atoms with Gasteiger partial charge in [-0.05, 0) is 24.7 Å². The van der Waals surface area contributed by atoms with E-state index in [0.29, 0.717) is 29.4 Å². The van der Waals surface area contributed by atoms with Crippen molar-refractivity contribution in [3.05, 3.63) is 47.3 Å². The number of rotatable bonds is 3. The normalized spacial score (nSPS) is 10.5. The molecule has 2 aromatic rings. The number of aromatic nitrogens is 2. The molecule has 88 valence electrons. The molecule has 0 aliphatic heterocycles. The predicted octanol–water partition coefficient (Wildman–Crippen LogP) is 2.44. The number of nitrogens with two attached hydrogens (primary N) is 1. The van der Waals surface area contributed by atoms with Crippen LogP contribution in [-0.2, 0) is 6.42 Å². The van der Waals surface area contributed by atoms with Gasteiger partial charge in [0, 0.05) is 29.9 Å². The molecule has 2 rings (SSSR count). The third-order valence-corrected chi connectivity index (χ3v) is 2.63. The van der Waals surface area contributed by atoms with E-state index in [1.807, 2.05) is 0 Å². The van der Waals surface area contributed by atoms with Crippen LogP contribution in [0.3, 0.4) is 0 Å². The largest absolute Gasteiger partial charge is 0.330 e. The highest BCUT2D eigenvalue weighted by Gasteiger charge is 2.06. The average Bonchev–Trinajstić information content (AvgIpc) is 2.31. The van der Waals surface area contributed by atoms with Gasteiger partial charge in [-0.1, -0.05) is 11.6 Å². The van der Waals surface area contributed by atoms with Crippen LogP contribution in [-0.4, -0.2) is 16.5 Å². The Morgan fingerprint density at radius 1 is 1.24 bits per heavy atom. The van der Waals surface area contributed by atoms with Crippen molar-refractivity contribution in [2.45, 2.75) is 6.42 Å². The SMILES string of the molecule is NCCc1ncc(-c2ccc(F)cc2Cl)cn1. The van der Waals surface area contributed by atoms with Crippen LogP contribution in [0.4, 0.5) is 4.39 Å². The van der Waals surface area contributed by atoms with Gasteiger partial charge >= 0.3 is 0 Å². The molecule has 2 N–H and O–H groups in total. The van der Waals surface area contributed by atoms with Crippen molar-refractivity contribution in [3.8, 4) is 11.1 Å². The van der Waals surface area contributed by atoms with Gasteiger partial charge in [-0.15, -0.1) is 0 Å². The van der Waals surface area contributed by atoms with Gasteiger partial charge in [-0.25, -0.2) is 14.4 Å². The van der Waals surface area contributed by atoms with E-state index in [-0.39, 0.29) is 5.82 Å². The molecule has 1 aromatic heterocycles. The van der Waals surface area contributed by atoms with E-state index in [0.717, 1.165) is 5.56 Å². The molecule has 3 nitrogen and oxygen atoms in total. The lowest BCUT2D eigenvalue weighted by atomic mass is 10.1. The molecule has 0 saturated heterocycles. The third-order valence-electron chi connectivity index (χ3n) is 2.32. The molecule has 0 spiro atoms. The van der Waals surface area contributed by atoms with Crippen LogP contribution in [0.1, 0.15) is 5.82 Å². The fourth-order valence-corrected chi connectivity index (χ4v) is 1.75. The standard InChI is InChI=1S/C12H11ClFN3/c13-11-5-9(14)1-2-10(11)8-6-16-12(3-4-15)17-7-8/h1-2,5-7H,3-4,15H2. The number of hydrogen-bond donors (Lipinski definition) is 1. The minimum absolute atomic E-state index is 0.347. The molecule has 0 fully saturated rings. The summed E-state index contributed by atoms with van der Waals surface area (Å²) in [6.45, 7) is 0.511. The molecule has 0 amide bonds. The maximum Gasteiger partial charge on any atom is 0.129 e. The van der Waals surface area contributed by atoms with Gasteiger partial charge in [0.2, 0.25) is 0 Å². The number of halogens is 2. The minimum atomic E-state index is -0.362. The van der Waals surface area contributed by atoms with Crippen molar-refractivity contribution in [3.63, 3.8) is 0 Å². The first-order valence-electron chi connectivity index (χ1n) is 5.17. The molecule has 5 heteroatoms. The Bertz CT molecular complexity index is 514. The van der Waals surface area contributed by atoms with Crippen LogP contribution in [0, 0.1) is 5.82 Å². The summed E-state index contributed by atoms with van der Waals surface area (Å²) in [4.78, 5) is 8.33. The van der Waals surface area contributed by atoms with Gasteiger partial charge in [-0.3, -0.25) is 0 Å². The van der Waals surface area contributed by atoms with Crippen LogP contribution in [0.2, 0.25) is 5.02 Å². The maximum atomic E-state index is 12.9. The second-order valence-corrected chi connectivity index (χ2v) is 3.96. The van der Waals surface area contributed by atoms with Crippen LogP contribution < -0.4 is 5.73 Å². The van der Waals surface area contributed by atoms with Crippen LogP contribution >= 0.6 is 11.6 Å². The van der Waals surface area contributed by atoms with Gasteiger partial charge in [-0.2, -0.15) is 0 Å². The van der Waals surface area contributed by atoms with Crippen molar-refractivity contribution >= 4 is 11.6 Å². The Hall–Kier alpha value is -1.52. The average molecular weight is 252 g/mol. The summed E-state index contributed by atoms with van der Waals surface area (Å²) in [6, 6.07) is 4.23. The van der Waals surface area contributed by atoms with Gasteiger partial charge in [0.15, 0.2) is 0 Å². The number of benzene rings is 1. The lowest BCUT2D eigenvalue weighted by Crippen LogP contribution is -2.06. The highest BCUT2D eigenvalue weighted by Crippen LogP contribution is 2.27. The molecule has 1 heterocycles. The lowest BCUT2D eigenvalue weighted by Gasteiger charge is -2.04. The first-order chi connectivity index (χ1) is 8.20. The lowest BCUT2D eigenvalue weighted by molar-refractivity contribution is 0.628. The molecule has 17 heavy (non-hydrogen) atoms. The summed E-state index contributed by atoms with van der Waals surface area (Å²) >= 11 is 5.95. The predicted molar refractivity (Wildman–Crippen MR) is 65.2 cm³/mol. The van der Waals surface area contributed by atoms with Crippen molar-refractivity contribution in [2.24, 2.45) is 5.73 Å². The summed E-state index contributed by atoms with van der Waals surface area (Å²) in [5.74, 6) is 0.328. The second-order valence-electron chi connectivity index (χ2n) is 3.55. The zero-order valence-corrected chi connectivity index (χ0v) is 9.78. The molecule has 0 saturated carbocycles. The number of hydrogen-bond acceptors (Lipinski definition) is 3. The smallest absolute Gasteiger partial charge is 0.129 e. The van der Waals surface area contributed by atoms with Gasteiger partial charge in [0.25, 0.3) is 0 Å². The quantitative estimate of drug-likeness (QED) is 0.912. The fraction of sp³-hybridized carbons (Fsp3) is 0.167. The van der Waals surface area contributed by atoms with E-state index in [4.69, 9.17) is 17.3 Å². The first-order valence-corrected chi connectivity index (χ1v) is 5.55. The zero-order valence-electron chi connectivity index (χ0n) is 9.03. The Morgan fingerprint density at radius 2 is 1.94 bits per heavy atom. The summed E-state index contributed by atoms with van der Waals surface area (Å²) in [7, 11) is 0. The van der Waals surface area contributed by atoms with E-state index in [1.54, 1.807) is 18.5 Å². The third kappa shape index (κ3) is 2.78. The summed E-state index contributed by atoms with van der Waals surface area (Å²) in [5.41, 5.74) is 6.88. The topological polar surface area (TPSA) is 51.8 Å². The van der Waals surface area contributed by atoms with Gasteiger partial charge in [0.05, 0.1) is 5.02 Å². The molecule has 0 radical (unpaired) electrons.